The number of nitrogens with two attached hydrogens (primary N) is 1. The molecule has 0 saturated carbocycles. The van der Waals surface area contributed by atoms with Crippen LogP contribution in [0.15, 0.2) is 42.5 Å². The van der Waals surface area contributed by atoms with E-state index in [9.17, 15) is 14.4 Å². The van der Waals surface area contributed by atoms with E-state index in [1.807, 2.05) is 42.5 Å². The molecule has 1 atom stereocenters. The van der Waals surface area contributed by atoms with Gasteiger partial charge in [-0.3, -0.25) is 19.6 Å². The van der Waals surface area contributed by atoms with E-state index in [4.69, 9.17) is 10.9 Å². The van der Waals surface area contributed by atoms with Crippen molar-refractivity contribution in [3.05, 3.63) is 48.0 Å². The van der Waals surface area contributed by atoms with Gasteiger partial charge in [-0.2, -0.15) is 0 Å². The van der Waals surface area contributed by atoms with Crippen molar-refractivity contribution in [1.82, 2.24) is 10.8 Å². The Balaban J connectivity index is 2.16. The number of nitrogens with one attached hydrogen (secondary N) is 2. The Morgan fingerprint density at radius 3 is 2.46 bits per heavy atom. The van der Waals surface area contributed by atoms with E-state index in [1.165, 1.54) is 5.48 Å². The fraction of sp³-hybridized carbons (Fsp3) is 0.235. The van der Waals surface area contributed by atoms with Gasteiger partial charge >= 0.3 is 0 Å². The van der Waals surface area contributed by atoms with Crippen LogP contribution in [0.5, 0.6) is 0 Å². The van der Waals surface area contributed by atoms with Gasteiger partial charge in [0.1, 0.15) is 0 Å². The smallest absolute Gasteiger partial charge is 0.244 e. The van der Waals surface area contributed by atoms with Gasteiger partial charge in [-0.15, -0.1) is 0 Å². The number of hydrogen-bond acceptors (Lipinski definition) is 4. The third kappa shape index (κ3) is 4.79. The molecule has 2 aromatic rings. The van der Waals surface area contributed by atoms with Crippen LogP contribution >= 0.6 is 0 Å². The van der Waals surface area contributed by atoms with Gasteiger partial charge < -0.3 is 11.1 Å². The average Bonchev–Trinajstić information content (AvgIpc) is 2.58. The Hall–Kier alpha value is -2.93. The molecule has 0 aliphatic rings. The Morgan fingerprint density at radius 2 is 1.79 bits per heavy atom. The molecule has 7 heteroatoms. The number of rotatable bonds is 7. The van der Waals surface area contributed by atoms with Crippen molar-refractivity contribution in [2.75, 3.05) is 6.54 Å². The van der Waals surface area contributed by atoms with Gasteiger partial charge in [-0.1, -0.05) is 42.5 Å². The van der Waals surface area contributed by atoms with E-state index in [2.05, 4.69) is 5.32 Å². The molecule has 0 saturated heterocycles. The molecule has 7 nitrogen and oxygen atoms in total. The summed E-state index contributed by atoms with van der Waals surface area (Å²) in [7, 11) is 0. The summed E-state index contributed by atoms with van der Waals surface area (Å²) in [6, 6.07) is 13.6. The Labute approximate surface area is 138 Å². The number of amides is 3. The monoisotopic (exact) mass is 329 g/mol. The highest BCUT2D eigenvalue weighted by atomic mass is 16.5. The lowest BCUT2D eigenvalue weighted by molar-refractivity contribution is -0.135. The first-order valence-corrected chi connectivity index (χ1v) is 7.46. The molecule has 5 N–H and O–H groups in total. The van der Waals surface area contributed by atoms with E-state index < -0.39 is 23.6 Å². The number of hydrogen-bond donors (Lipinski definition) is 4. The lowest BCUT2D eigenvalue weighted by atomic mass is 9.93. The first-order valence-electron chi connectivity index (χ1n) is 7.46. The highest BCUT2D eigenvalue weighted by Gasteiger charge is 2.22. The minimum atomic E-state index is -0.724. The standard InChI is InChI=1S/C17H19N3O4/c18-15(21)10-19-17(23)14(9-16(22)20-24)8-11-5-6-12-3-1-2-4-13(12)7-11/h1-7,14,24H,8-10H2,(H2,18,21)(H,19,23)(H,20,22). The summed E-state index contributed by atoms with van der Waals surface area (Å²) in [5.74, 6) is -2.53. The second-order valence-corrected chi connectivity index (χ2v) is 5.51. The molecule has 0 spiro atoms. The van der Waals surface area contributed by atoms with Gasteiger partial charge in [0.2, 0.25) is 17.7 Å². The highest BCUT2D eigenvalue weighted by molar-refractivity contribution is 5.89. The molecule has 0 aromatic heterocycles. The zero-order valence-electron chi connectivity index (χ0n) is 13.0. The number of primary amides is 1. The highest BCUT2D eigenvalue weighted by Crippen LogP contribution is 2.19. The van der Waals surface area contributed by atoms with Crippen LogP contribution < -0.4 is 16.5 Å². The topological polar surface area (TPSA) is 122 Å². The molecule has 0 fully saturated rings. The summed E-state index contributed by atoms with van der Waals surface area (Å²) >= 11 is 0. The van der Waals surface area contributed by atoms with Crippen molar-refractivity contribution in [3.8, 4) is 0 Å². The van der Waals surface area contributed by atoms with Crippen molar-refractivity contribution in [2.45, 2.75) is 12.8 Å². The molecule has 2 aromatic carbocycles. The Bertz CT molecular complexity index is 760. The van der Waals surface area contributed by atoms with Gasteiger partial charge in [0.05, 0.1) is 12.5 Å². The number of fused-ring (bicyclic) bond motifs is 1. The van der Waals surface area contributed by atoms with Crippen molar-refractivity contribution in [3.63, 3.8) is 0 Å². The first-order chi connectivity index (χ1) is 11.5. The summed E-state index contributed by atoms with van der Waals surface area (Å²) in [4.78, 5) is 34.4. The molecule has 3 amide bonds. The van der Waals surface area contributed by atoms with Crippen molar-refractivity contribution >= 4 is 28.5 Å². The summed E-state index contributed by atoms with van der Waals surface area (Å²) in [6.07, 6.45) is 0.0940. The molecule has 24 heavy (non-hydrogen) atoms. The minimum absolute atomic E-state index is 0.200. The third-order valence-corrected chi connectivity index (χ3v) is 3.66. The van der Waals surface area contributed by atoms with Crippen LogP contribution in [0.2, 0.25) is 0 Å². The Kier molecular flexibility index (Phi) is 5.86. The van der Waals surface area contributed by atoms with Crippen LogP contribution in [0.3, 0.4) is 0 Å². The van der Waals surface area contributed by atoms with Crippen LogP contribution in [-0.2, 0) is 20.8 Å². The predicted octanol–water partition coefficient (Wildman–Crippen LogP) is 0.496. The van der Waals surface area contributed by atoms with E-state index in [0.717, 1.165) is 16.3 Å². The third-order valence-electron chi connectivity index (χ3n) is 3.66. The maximum atomic E-state index is 12.2. The molecule has 2 rings (SSSR count). The maximum Gasteiger partial charge on any atom is 0.244 e. The summed E-state index contributed by atoms with van der Waals surface area (Å²) < 4.78 is 0. The number of hydroxylamine groups is 1. The molecular weight excluding hydrogens is 310 g/mol. The number of benzene rings is 2. The van der Waals surface area contributed by atoms with Crippen molar-refractivity contribution in [1.29, 1.82) is 0 Å². The van der Waals surface area contributed by atoms with Gasteiger partial charge in [0, 0.05) is 6.42 Å². The second kappa shape index (κ2) is 8.07. The first kappa shape index (κ1) is 17.4. The molecule has 126 valence electrons. The summed E-state index contributed by atoms with van der Waals surface area (Å²) in [5, 5.41) is 13.2. The minimum Gasteiger partial charge on any atom is -0.368 e. The zero-order chi connectivity index (χ0) is 17.5. The molecule has 0 bridgehead atoms. The van der Waals surface area contributed by atoms with Crippen LogP contribution in [0.25, 0.3) is 10.8 Å². The zero-order valence-corrected chi connectivity index (χ0v) is 13.0. The molecule has 0 aliphatic heterocycles. The van der Waals surface area contributed by atoms with E-state index in [1.54, 1.807) is 0 Å². The fourth-order valence-corrected chi connectivity index (χ4v) is 2.50. The molecule has 0 heterocycles. The summed E-state index contributed by atoms with van der Waals surface area (Å²) in [5.41, 5.74) is 7.40. The van der Waals surface area contributed by atoms with E-state index in [0.29, 0.717) is 6.42 Å². The van der Waals surface area contributed by atoms with Gasteiger partial charge in [0.25, 0.3) is 0 Å². The average molecular weight is 329 g/mol. The van der Waals surface area contributed by atoms with Crippen molar-refractivity contribution in [2.24, 2.45) is 11.7 Å². The van der Waals surface area contributed by atoms with Crippen LogP contribution in [0.1, 0.15) is 12.0 Å². The lowest BCUT2D eigenvalue weighted by Gasteiger charge is -2.16. The van der Waals surface area contributed by atoms with Crippen LogP contribution in [-0.4, -0.2) is 29.5 Å². The SMILES string of the molecule is NC(=O)CNC(=O)C(CC(=O)NO)Cc1ccc2ccccc2c1. The number of carbonyl (C=O) groups excluding carboxylic acids is 3. The van der Waals surface area contributed by atoms with E-state index in [-0.39, 0.29) is 13.0 Å². The molecule has 1 unspecified atom stereocenters. The molecular formula is C17H19N3O4. The quantitative estimate of drug-likeness (QED) is 0.436. The molecule has 0 aliphatic carbocycles. The van der Waals surface area contributed by atoms with Gasteiger partial charge in [-0.05, 0) is 22.8 Å². The van der Waals surface area contributed by atoms with Gasteiger partial charge in [-0.25, -0.2) is 5.48 Å². The largest absolute Gasteiger partial charge is 0.368 e. The lowest BCUT2D eigenvalue weighted by Crippen LogP contribution is -2.39. The number of carbonyl (C=O) groups is 3. The van der Waals surface area contributed by atoms with Crippen LogP contribution in [0.4, 0.5) is 0 Å². The normalized spacial score (nSPS) is 11.7. The fourth-order valence-electron chi connectivity index (χ4n) is 2.50. The maximum absolute atomic E-state index is 12.2. The van der Waals surface area contributed by atoms with Crippen LogP contribution in [0, 0.1) is 5.92 Å². The molecule has 0 radical (unpaired) electrons. The van der Waals surface area contributed by atoms with Crippen molar-refractivity contribution < 1.29 is 19.6 Å². The second-order valence-electron chi connectivity index (χ2n) is 5.51. The summed E-state index contributed by atoms with van der Waals surface area (Å²) in [6.45, 7) is -0.298. The van der Waals surface area contributed by atoms with E-state index >= 15 is 0 Å². The predicted molar refractivity (Wildman–Crippen MR) is 87.9 cm³/mol. The van der Waals surface area contributed by atoms with Gasteiger partial charge in [0.15, 0.2) is 0 Å². The Morgan fingerprint density at radius 1 is 1.08 bits per heavy atom.